The Morgan fingerprint density at radius 1 is 1.31 bits per heavy atom. The van der Waals surface area contributed by atoms with Crippen molar-refractivity contribution in [3.8, 4) is 0 Å². The summed E-state index contributed by atoms with van der Waals surface area (Å²) in [6, 6.07) is 5.71. The van der Waals surface area contributed by atoms with E-state index < -0.39 is 9.84 Å². The highest BCUT2D eigenvalue weighted by Gasteiger charge is 2.01. The Hall–Kier alpha value is -1.23. The summed E-state index contributed by atoms with van der Waals surface area (Å²) in [5.41, 5.74) is 8.44. The molecule has 0 aromatic heterocycles. The summed E-state index contributed by atoms with van der Waals surface area (Å²) in [5.74, 6) is 0.210. The Kier molecular flexibility index (Phi) is 4.18. The van der Waals surface area contributed by atoms with E-state index in [0.717, 1.165) is 11.3 Å². The Labute approximate surface area is 96.8 Å². The van der Waals surface area contributed by atoms with Gasteiger partial charge < -0.3 is 11.1 Å². The van der Waals surface area contributed by atoms with E-state index in [9.17, 15) is 8.42 Å². The van der Waals surface area contributed by atoms with Crippen LogP contribution in [-0.4, -0.2) is 27.0 Å². The van der Waals surface area contributed by atoms with Crippen LogP contribution >= 0.6 is 0 Å². The third-order valence-corrected chi connectivity index (χ3v) is 3.15. The number of rotatable bonds is 5. The molecule has 1 aromatic rings. The zero-order chi connectivity index (χ0) is 12.2. The van der Waals surface area contributed by atoms with Gasteiger partial charge in [-0.1, -0.05) is 0 Å². The number of sulfone groups is 1. The van der Waals surface area contributed by atoms with Gasteiger partial charge in [-0.15, -0.1) is 0 Å². The Morgan fingerprint density at radius 2 is 2.00 bits per heavy atom. The summed E-state index contributed by atoms with van der Waals surface area (Å²) >= 11 is 0. The topological polar surface area (TPSA) is 72.2 Å². The van der Waals surface area contributed by atoms with Crippen LogP contribution in [-0.2, 0) is 9.84 Å². The van der Waals surface area contributed by atoms with Crippen LogP contribution in [0.15, 0.2) is 18.2 Å². The maximum absolute atomic E-state index is 10.9. The second kappa shape index (κ2) is 5.21. The quantitative estimate of drug-likeness (QED) is 0.605. The molecule has 0 saturated carbocycles. The molecule has 0 saturated heterocycles. The van der Waals surface area contributed by atoms with Crippen molar-refractivity contribution in [3.63, 3.8) is 0 Å². The fourth-order valence-electron chi connectivity index (χ4n) is 1.48. The number of benzene rings is 1. The molecule has 90 valence electrons. The highest BCUT2D eigenvalue weighted by molar-refractivity contribution is 7.90. The van der Waals surface area contributed by atoms with Crippen LogP contribution in [0.4, 0.5) is 11.4 Å². The SMILES string of the molecule is Cc1cc(N)cc(NCCCS(C)(=O)=O)c1. The van der Waals surface area contributed by atoms with Gasteiger partial charge >= 0.3 is 0 Å². The van der Waals surface area contributed by atoms with Crippen molar-refractivity contribution in [2.45, 2.75) is 13.3 Å². The first kappa shape index (κ1) is 12.8. The largest absolute Gasteiger partial charge is 0.399 e. The van der Waals surface area contributed by atoms with Gasteiger partial charge in [0, 0.05) is 24.2 Å². The van der Waals surface area contributed by atoms with Crippen LogP contribution in [0.5, 0.6) is 0 Å². The summed E-state index contributed by atoms with van der Waals surface area (Å²) in [7, 11) is -2.86. The second-order valence-corrected chi connectivity index (χ2v) is 6.30. The Morgan fingerprint density at radius 3 is 2.56 bits per heavy atom. The maximum atomic E-state index is 10.9. The molecule has 0 heterocycles. The standard InChI is InChI=1S/C11H18N2O2S/c1-9-6-10(12)8-11(7-9)13-4-3-5-16(2,14)15/h6-8,13H,3-5,12H2,1-2H3. The molecule has 0 aliphatic rings. The fraction of sp³-hybridized carbons (Fsp3) is 0.455. The van der Waals surface area contributed by atoms with Gasteiger partial charge in [0.15, 0.2) is 0 Å². The third kappa shape index (κ3) is 5.02. The molecule has 0 atom stereocenters. The Balaban J connectivity index is 2.43. The van der Waals surface area contributed by atoms with E-state index in [2.05, 4.69) is 5.32 Å². The van der Waals surface area contributed by atoms with Gasteiger partial charge in [-0.05, 0) is 37.1 Å². The van der Waals surface area contributed by atoms with E-state index >= 15 is 0 Å². The summed E-state index contributed by atoms with van der Waals surface area (Å²) in [6.45, 7) is 2.61. The molecular weight excluding hydrogens is 224 g/mol. The lowest BCUT2D eigenvalue weighted by atomic mass is 10.2. The summed E-state index contributed by atoms with van der Waals surface area (Å²) in [6.07, 6.45) is 1.85. The summed E-state index contributed by atoms with van der Waals surface area (Å²) in [5, 5.41) is 3.15. The van der Waals surface area contributed by atoms with Crippen LogP contribution in [0.3, 0.4) is 0 Å². The van der Waals surface area contributed by atoms with E-state index in [1.54, 1.807) is 0 Å². The van der Waals surface area contributed by atoms with Crippen molar-refractivity contribution < 1.29 is 8.42 Å². The van der Waals surface area contributed by atoms with E-state index in [0.29, 0.717) is 18.7 Å². The first-order valence-corrected chi connectivity index (χ1v) is 7.22. The zero-order valence-electron chi connectivity index (χ0n) is 9.66. The van der Waals surface area contributed by atoms with E-state index in [4.69, 9.17) is 5.73 Å². The van der Waals surface area contributed by atoms with Gasteiger partial charge in [0.1, 0.15) is 9.84 Å². The van der Waals surface area contributed by atoms with Crippen molar-refractivity contribution in [1.82, 2.24) is 0 Å². The van der Waals surface area contributed by atoms with Gasteiger partial charge in [-0.2, -0.15) is 0 Å². The van der Waals surface area contributed by atoms with E-state index in [1.807, 2.05) is 25.1 Å². The molecule has 0 radical (unpaired) electrons. The van der Waals surface area contributed by atoms with Gasteiger partial charge in [0.25, 0.3) is 0 Å². The zero-order valence-corrected chi connectivity index (χ0v) is 10.5. The molecule has 3 N–H and O–H groups in total. The number of anilines is 2. The van der Waals surface area contributed by atoms with Crippen LogP contribution in [0.1, 0.15) is 12.0 Å². The monoisotopic (exact) mass is 242 g/mol. The molecule has 0 unspecified atom stereocenters. The minimum atomic E-state index is -2.86. The number of nitrogen functional groups attached to an aromatic ring is 1. The van der Waals surface area contributed by atoms with Crippen LogP contribution < -0.4 is 11.1 Å². The molecular formula is C11H18N2O2S. The van der Waals surface area contributed by atoms with Crippen molar-refractivity contribution in [1.29, 1.82) is 0 Å². The lowest BCUT2D eigenvalue weighted by molar-refractivity contribution is 0.600. The number of nitrogens with two attached hydrogens (primary N) is 1. The molecule has 0 amide bonds. The number of aryl methyl sites for hydroxylation is 1. The lowest BCUT2D eigenvalue weighted by Crippen LogP contribution is -2.09. The van der Waals surface area contributed by atoms with Crippen molar-refractivity contribution in [2.24, 2.45) is 0 Å². The number of hydrogen-bond acceptors (Lipinski definition) is 4. The molecule has 0 spiro atoms. The van der Waals surface area contributed by atoms with Crippen molar-refractivity contribution >= 4 is 21.2 Å². The maximum Gasteiger partial charge on any atom is 0.147 e. The molecule has 16 heavy (non-hydrogen) atoms. The third-order valence-electron chi connectivity index (χ3n) is 2.12. The number of nitrogens with one attached hydrogen (secondary N) is 1. The lowest BCUT2D eigenvalue weighted by Gasteiger charge is -2.07. The van der Waals surface area contributed by atoms with Crippen molar-refractivity contribution in [2.75, 3.05) is 29.6 Å². The van der Waals surface area contributed by atoms with Gasteiger partial charge in [-0.3, -0.25) is 0 Å². The smallest absolute Gasteiger partial charge is 0.147 e. The number of hydrogen-bond donors (Lipinski definition) is 2. The van der Waals surface area contributed by atoms with E-state index in [1.165, 1.54) is 6.26 Å². The van der Waals surface area contributed by atoms with E-state index in [-0.39, 0.29) is 5.75 Å². The summed E-state index contributed by atoms with van der Waals surface area (Å²) in [4.78, 5) is 0. The first-order chi connectivity index (χ1) is 7.37. The molecule has 4 nitrogen and oxygen atoms in total. The average Bonchev–Trinajstić information content (AvgIpc) is 2.09. The normalized spacial score (nSPS) is 11.4. The first-order valence-electron chi connectivity index (χ1n) is 5.15. The van der Waals surface area contributed by atoms with Gasteiger partial charge in [0.05, 0.1) is 5.75 Å². The molecule has 1 aromatic carbocycles. The van der Waals surface area contributed by atoms with Crippen LogP contribution in [0, 0.1) is 6.92 Å². The average molecular weight is 242 g/mol. The molecule has 0 aliphatic carbocycles. The van der Waals surface area contributed by atoms with Gasteiger partial charge in [0.2, 0.25) is 0 Å². The molecule has 0 aliphatic heterocycles. The predicted molar refractivity (Wildman–Crippen MR) is 68.4 cm³/mol. The highest BCUT2D eigenvalue weighted by atomic mass is 32.2. The van der Waals surface area contributed by atoms with Crippen LogP contribution in [0.2, 0.25) is 0 Å². The molecule has 1 rings (SSSR count). The van der Waals surface area contributed by atoms with Crippen molar-refractivity contribution in [3.05, 3.63) is 23.8 Å². The van der Waals surface area contributed by atoms with Crippen LogP contribution in [0.25, 0.3) is 0 Å². The minimum Gasteiger partial charge on any atom is -0.399 e. The second-order valence-electron chi connectivity index (χ2n) is 4.04. The molecule has 0 bridgehead atoms. The highest BCUT2D eigenvalue weighted by Crippen LogP contribution is 2.15. The molecule has 0 fully saturated rings. The predicted octanol–water partition coefficient (Wildman–Crippen LogP) is 1.42. The Bertz CT molecular complexity index is 435. The fourth-order valence-corrected chi connectivity index (χ4v) is 2.15. The minimum absolute atomic E-state index is 0.210. The van der Waals surface area contributed by atoms with Gasteiger partial charge in [-0.25, -0.2) is 8.42 Å². The molecule has 5 heteroatoms. The summed E-state index contributed by atoms with van der Waals surface area (Å²) < 4.78 is 21.8.